The Morgan fingerprint density at radius 3 is 3.24 bits per heavy atom. The summed E-state index contributed by atoms with van der Waals surface area (Å²) in [4.78, 5) is 5.56. The lowest BCUT2D eigenvalue weighted by atomic mass is 9.93. The van der Waals surface area contributed by atoms with Gasteiger partial charge in [0.25, 0.3) is 0 Å². The Labute approximate surface area is 128 Å². The number of aryl methyl sites for hydroxylation is 1. The number of nitriles is 1. The molecule has 4 nitrogen and oxygen atoms in total. The smallest absolute Gasteiger partial charge is 0.109 e. The fourth-order valence-electron chi connectivity index (χ4n) is 2.66. The van der Waals surface area contributed by atoms with Crippen molar-refractivity contribution in [2.45, 2.75) is 25.9 Å². The fourth-order valence-corrected chi connectivity index (χ4v) is 3.64. The normalized spacial score (nSPS) is 20.6. The van der Waals surface area contributed by atoms with Crippen LogP contribution < -0.4 is 5.32 Å². The van der Waals surface area contributed by atoms with Gasteiger partial charge in [0, 0.05) is 29.7 Å². The molecule has 1 atom stereocenters. The number of thiophene rings is 1. The summed E-state index contributed by atoms with van der Waals surface area (Å²) in [5, 5.41) is 14.7. The number of aromatic nitrogens is 1. The first-order valence-electron chi connectivity index (χ1n) is 6.94. The molecule has 0 aromatic carbocycles. The van der Waals surface area contributed by atoms with Gasteiger partial charge in [-0.25, -0.2) is 0 Å². The van der Waals surface area contributed by atoms with Crippen molar-refractivity contribution in [3.63, 3.8) is 0 Å². The Morgan fingerprint density at radius 1 is 1.57 bits per heavy atom. The Bertz CT molecular complexity index is 704. The number of rotatable bonds is 3. The summed E-state index contributed by atoms with van der Waals surface area (Å²) in [5.74, 6) is 0. The minimum atomic E-state index is -0.350. The quantitative estimate of drug-likeness (QED) is 0.945. The molecule has 2 aromatic rings. The van der Waals surface area contributed by atoms with Gasteiger partial charge in [-0.2, -0.15) is 5.26 Å². The molecule has 2 aromatic heterocycles. The molecule has 3 heterocycles. The van der Waals surface area contributed by atoms with Gasteiger partial charge in [0.1, 0.15) is 11.7 Å². The third-order valence-electron chi connectivity index (χ3n) is 3.84. The highest BCUT2D eigenvalue weighted by atomic mass is 32.1. The van der Waals surface area contributed by atoms with Gasteiger partial charge in [0.15, 0.2) is 0 Å². The van der Waals surface area contributed by atoms with E-state index in [0.29, 0.717) is 12.1 Å². The van der Waals surface area contributed by atoms with Crippen molar-refractivity contribution >= 4 is 17.0 Å². The number of fused-ring (bicyclic) bond motifs is 1. The summed E-state index contributed by atoms with van der Waals surface area (Å²) in [7, 11) is 0. The van der Waals surface area contributed by atoms with Gasteiger partial charge >= 0.3 is 0 Å². The van der Waals surface area contributed by atoms with Crippen molar-refractivity contribution in [1.29, 1.82) is 5.26 Å². The van der Waals surface area contributed by atoms with E-state index in [1.54, 1.807) is 17.5 Å². The predicted molar refractivity (Wildman–Crippen MR) is 83.5 cm³/mol. The Kier molecular flexibility index (Phi) is 3.66. The van der Waals surface area contributed by atoms with E-state index in [2.05, 4.69) is 34.7 Å². The highest BCUT2D eigenvalue weighted by molar-refractivity contribution is 7.10. The summed E-state index contributed by atoms with van der Waals surface area (Å²) in [5.41, 5.74) is 3.18. The van der Waals surface area contributed by atoms with Gasteiger partial charge in [-0.3, -0.25) is 4.98 Å². The van der Waals surface area contributed by atoms with E-state index in [1.165, 1.54) is 10.4 Å². The van der Waals surface area contributed by atoms with Crippen molar-refractivity contribution in [3.05, 3.63) is 45.4 Å². The van der Waals surface area contributed by atoms with E-state index >= 15 is 0 Å². The molecule has 21 heavy (non-hydrogen) atoms. The van der Waals surface area contributed by atoms with Crippen molar-refractivity contribution in [3.8, 4) is 6.07 Å². The van der Waals surface area contributed by atoms with Gasteiger partial charge in [0.2, 0.25) is 0 Å². The lowest BCUT2D eigenvalue weighted by Crippen LogP contribution is -2.38. The van der Waals surface area contributed by atoms with Gasteiger partial charge < -0.3 is 10.1 Å². The standard InChI is InChI=1S/C16H17N3OS/c1-11-7-14(12(8-17)9-18-11)19-10-16(2)13-4-6-21-15(13)3-5-20-16/h4,6-7,9H,3,5,10H2,1-2H3,(H,18,19). The number of nitrogens with one attached hydrogen (secondary N) is 1. The number of pyridine rings is 1. The molecule has 0 spiro atoms. The third kappa shape index (κ3) is 2.65. The van der Waals surface area contributed by atoms with Crippen LogP contribution in [0.3, 0.4) is 0 Å². The molecular weight excluding hydrogens is 282 g/mol. The highest BCUT2D eigenvalue weighted by Gasteiger charge is 2.34. The zero-order valence-corrected chi connectivity index (χ0v) is 13.0. The highest BCUT2D eigenvalue weighted by Crippen LogP contribution is 2.36. The molecule has 1 aliphatic heterocycles. The van der Waals surface area contributed by atoms with Crippen LogP contribution in [0.25, 0.3) is 0 Å². The maximum atomic E-state index is 9.18. The second kappa shape index (κ2) is 5.47. The molecule has 0 radical (unpaired) electrons. The summed E-state index contributed by atoms with van der Waals surface area (Å²) < 4.78 is 6.02. The molecular formula is C16H17N3OS. The summed E-state index contributed by atoms with van der Waals surface area (Å²) in [6.07, 6.45) is 2.60. The second-order valence-electron chi connectivity index (χ2n) is 5.42. The van der Waals surface area contributed by atoms with E-state index in [0.717, 1.165) is 24.4 Å². The molecule has 0 bridgehead atoms. The number of anilines is 1. The van der Waals surface area contributed by atoms with Gasteiger partial charge in [-0.15, -0.1) is 11.3 Å². The van der Waals surface area contributed by atoms with E-state index in [9.17, 15) is 5.26 Å². The Hall–Kier alpha value is -1.90. The molecule has 1 aliphatic rings. The summed E-state index contributed by atoms with van der Waals surface area (Å²) in [6, 6.07) is 6.22. The van der Waals surface area contributed by atoms with Crippen LogP contribution in [0.5, 0.6) is 0 Å². The van der Waals surface area contributed by atoms with Crippen LogP contribution in [0.1, 0.15) is 28.6 Å². The maximum absolute atomic E-state index is 9.18. The maximum Gasteiger partial charge on any atom is 0.109 e. The Balaban J connectivity index is 1.83. The molecule has 108 valence electrons. The van der Waals surface area contributed by atoms with Crippen molar-refractivity contribution in [2.75, 3.05) is 18.5 Å². The lowest BCUT2D eigenvalue weighted by molar-refractivity contribution is -0.0347. The minimum absolute atomic E-state index is 0.350. The first kappa shape index (κ1) is 14.1. The van der Waals surface area contributed by atoms with Gasteiger partial charge in [0.05, 0.1) is 17.9 Å². The van der Waals surface area contributed by atoms with Crippen LogP contribution in [-0.4, -0.2) is 18.1 Å². The molecule has 3 rings (SSSR count). The van der Waals surface area contributed by atoms with E-state index in [1.807, 2.05) is 13.0 Å². The number of nitrogens with zero attached hydrogens (tertiary/aromatic N) is 2. The predicted octanol–water partition coefficient (Wildman–Crippen LogP) is 3.22. The zero-order valence-electron chi connectivity index (χ0n) is 12.1. The largest absolute Gasteiger partial charge is 0.381 e. The van der Waals surface area contributed by atoms with Crippen molar-refractivity contribution in [2.24, 2.45) is 0 Å². The SMILES string of the molecule is Cc1cc(NCC2(C)OCCc3sccc32)c(C#N)cn1. The minimum Gasteiger partial charge on any atom is -0.381 e. The van der Waals surface area contributed by atoms with Crippen LogP contribution in [0.4, 0.5) is 5.69 Å². The van der Waals surface area contributed by atoms with Crippen LogP contribution >= 0.6 is 11.3 Å². The molecule has 5 heteroatoms. The monoisotopic (exact) mass is 299 g/mol. The van der Waals surface area contributed by atoms with E-state index in [4.69, 9.17) is 4.74 Å². The first-order valence-corrected chi connectivity index (χ1v) is 7.82. The van der Waals surface area contributed by atoms with Gasteiger partial charge in [-0.1, -0.05) is 0 Å². The van der Waals surface area contributed by atoms with Crippen LogP contribution in [-0.2, 0) is 16.8 Å². The number of hydrogen-bond donors (Lipinski definition) is 1. The van der Waals surface area contributed by atoms with E-state index < -0.39 is 0 Å². The summed E-state index contributed by atoms with van der Waals surface area (Å²) >= 11 is 1.79. The average Bonchev–Trinajstić information content (AvgIpc) is 2.96. The molecule has 0 amide bonds. The average molecular weight is 299 g/mol. The molecule has 0 aliphatic carbocycles. The molecule has 1 N–H and O–H groups in total. The van der Waals surface area contributed by atoms with Gasteiger partial charge in [-0.05, 0) is 36.9 Å². The van der Waals surface area contributed by atoms with Crippen LogP contribution in [0, 0.1) is 18.3 Å². The van der Waals surface area contributed by atoms with Crippen LogP contribution in [0.2, 0.25) is 0 Å². The number of hydrogen-bond acceptors (Lipinski definition) is 5. The van der Waals surface area contributed by atoms with Crippen molar-refractivity contribution in [1.82, 2.24) is 4.98 Å². The molecule has 0 fully saturated rings. The van der Waals surface area contributed by atoms with Crippen molar-refractivity contribution < 1.29 is 4.74 Å². The lowest BCUT2D eigenvalue weighted by Gasteiger charge is -2.34. The topological polar surface area (TPSA) is 57.9 Å². The zero-order chi connectivity index (χ0) is 14.9. The van der Waals surface area contributed by atoms with Crippen LogP contribution in [0.15, 0.2) is 23.7 Å². The van der Waals surface area contributed by atoms with E-state index in [-0.39, 0.29) is 5.60 Å². The fraction of sp³-hybridized carbons (Fsp3) is 0.375. The number of ether oxygens (including phenoxy) is 1. The Morgan fingerprint density at radius 2 is 2.43 bits per heavy atom. The molecule has 1 unspecified atom stereocenters. The summed E-state index contributed by atoms with van der Waals surface area (Å²) in [6.45, 7) is 5.40. The molecule has 0 saturated heterocycles. The second-order valence-corrected chi connectivity index (χ2v) is 6.42. The first-order chi connectivity index (χ1) is 10.1. The molecule has 0 saturated carbocycles. The third-order valence-corrected chi connectivity index (χ3v) is 4.82.